The fourth-order valence-corrected chi connectivity index (χ4v) is 3.62. The lowest BCUT2D eigenvalue weighted by molar-refractivity contribution is 0.0754. The van der Waals surface area contributed by atoms with E-state index in [1.54, 1.807) is 18.5 Å². The maximum atomic E-state index is 12.5. The number of anilines is 1. The molecule has 2 unspecified atom stereocenters. The fourth-order valence-electron chi connectivity index (χ4n) is 2.29. The van der Waals surface area contributed by atoms with Gasteiger partial charge in [0.05, 0.1) is 17.4 Å². The summed E-state index contributed by atoms with van der Waals surface area (Å²) in [7, 11) is 1.81. The highest BCUT2D eigenvalue weighted by molar-refractivity contribution is 8.00. The highest BCUT2D eigenvalue weighted by Crippen LogP contribution is 2.26. The third-order valence-corrected chi connectivity index (χ3v) is 4.26. The van der Waals surface area contributed by atoms with Crippen LogP contribution in [-0.4, -0.2) is 46.4 Å². The van der Waals surface area contributed by atoms with E-state index in [9.17, 15) is 4.79 Å². The normalized spacial score (nSPS) is 23.8. The third-order valence-electron chi connectivity index (χ3n) is 3.03. The van der Waals surface area contributed by atoms with Crippen LogP contribution in [0.3, 0.4) is 0 Å². The third kappa shape index (κ3) is 2.77. The fraction of sp³-hybridized carbons (Fsp3) is 0.538. The summed E-state index contributed by atoms with van der Waals surface area (Å²) in [5, 5.41) is 4.02. The molecular formula is C13H19N3OS. The second kappa shape index (κ2) is 5.61. The van der Waals surface area contributed by atoms with E-state index in [0.29, 0.717) is 16.1 Å². The van der Waals surface area contributed by atoms with E-state index in [0.717, 1.165) is 18.8 Å². The Morgan fingerprint density at radius 3 is 2.72 bits per heavy atom. The minimum Gasteiger partial charge on any atom is -0.386 e. The van der Waals surface area contributed by atoms with Crippen LogP contribution in [0.4, 0.5) is 5.69 Å². The van der Waals surface area contributed by atoms with Gasteiger partial charge in [-0.15, -0.1) is 0 Å². The van der Waals surface area contributed by atoms with Crippen molar-refractivity contribution in [2.45, 2.75) is 24.3 Å². The maximum absolute atomic E-state index is 12.5. The van der Waals surface area contributed by atoms with Crippen LogP contribution in [0, 0.1) is 0 Å². The van der Waals surface area contributed by atoms with Crippen molar-refractivity contribution < 1.29 is 4.79 Å². The van der Waals surface area contributed by atoms with E-state index >= 15 is 0 Å². The molecule has 0 aromatic carbocycles. The van der Waals surface area contributed by atoms with Gasteiger partial charge in [0, 0.05) is 36.8 Å². The largest absolute Gasteiger partial charge is 0.386 e. The summed E-state index contributed by atoms with van der Waals surface area (Å²) < 4.78 is 0. The number of aromatic nitrogens is 1. The molecule has 0 spiro atoms. The highest BCUT2D eigenvalue weighted by Gasteiger charge is 2.27. The van der Waals surface area contributed by atoms with Crippen LogP contribution in [0.25, 0.3) is 0 Å². The van der Waals surface area contributed by atoms with Crippen LogP contribution in [0.5, 0.6) is 0 Å². The zero-order valence-corrected chi connectivity index (χ0v) is 11.8. The number of pyridine rings is 1. The molecule has 1 amide bonds. The van der Waals surface area contributed by atoms with Gasteiger partial charge in [0.25, 0.3) is 5.91 Å². The number of nitrogens with zero attached hydrogens (tertiary/aromatic N) is 2. The summed E-state index contributed by atoms with van der Waals surface area (Å²) in [6, 6.07) is 1.78. The number of thioether (sulfide) groups is 1. The van der Waals surface area contributed by atoms with E-state index in [-0.39, 0.29) is 5.91 Å². The molecule has 5 heteroatoms. The van der Waals surface area contributed by atoms with Crippen LogP contribution in [0.15, 0.2) is 18.5 Å². The van der Waals surface area contributed by atoms with Gasteiger partial charge in [-0.05, 0) is 6.07 Å². The van der Waals surface area contributed by atoms with Crippen LogP contribution in [0.2, 0.25) is 0 Å². The van der Waals surface area contributed by atoms with Gasteiger partial charge < -0.3 is 10.2 Å². The van der Waals surface area contributed by atoms with Crippen molar-refractivity contribution in [1.82, 2.24) is 9.88 Å². The molecule has 0 aliphatic carbocycles. The number of amides is 1. The minimum absolute atomic E-state index is 0.0979. The Morgan fingerprint density at radius 2 is 2.11 bits per heavy atom. The Kier molecular flexibility index (Phi) is 4.11. The molecule has 18 heavy (non-hydrogen) atoms. The monoisotopic (exact) mass is 265 g/mol. The van der Waals surface area contributed by atoms with E-state index in [4.69, 9.17) is 0 Å². The molecular weight excluding hydrogens is 246 g/mol. The Morgan fingerprint density at radius 1 is 1.44 bits per heavy atom. The number of nitrogens with one attached hydrogen (secondary N) is 1. The summed E-state index contributed by atoms with van der Waals surface area (Å²) >= 11 is 1.95. The number of hydrogen-bond donors (Lipinski definition) is 1. The minimum atomic E-state index is 0.0979. The molecule has 1 aliphatic heterocycles. The smallest absolute Gasteiger partial charge is 0.256 e. The summed E-state index contributed by atoms with van der Waals surface area (Å²) in [5.41, 5.74) is 1.50. The Hall–Kier alpha value is -1.23. The van der Waals surface area contributed by atoms with E-state index in [2.05, 4.69) is 24.1 Å². The molecule has 2 rings (SSSR count). The van der Waals surface area contributed by atoms with Crippen LogP contribution >= 0.6 is 11.8 Å². The second-order valence-electron chi connectivity index (χ2n) is 4.64. The van der Waals surface area contributed by atoms with Crippen molar-refractivity contribution in [3.63, 3.8) is 0 Å². The summed E-state index contributed by atoms with van der Waals surface area (Å²) in [6.07, 6.45) is 3.36. The highest BCUT2D eigenvalue weighted by atomic mass is 32.2. The molecule has 1 saturated heterocycles. The van der Waals surface area contributed by atoms with Crippen LogP contribution < -0.4 is 5.32 Å². The zero-order chi connectivity index (χ0) is 13.1. The SMILES string of the molecule is CNc1cnccc1C(=O)N1CC(C)SC(C)C1. The predicted molar refractivity (Wildman–Crippen MR) is 76.2 cm³/mol. The Balaban J connectivity index is 2.20. The maximum Gasteiger partial charge on any atom is 0.256 e. The van der Waals surface area contributed by atoms with Gasteiger partial charge in [-0.2, -0.15) is 11.8 Å². The van der Waals surface area contributed by atoms with E-state index < -0.39 is 0 Å². The molecule has 1 aromatic heterocycles. The summed E-state index contributed by atoms with van der Waals surface area (Å²) in [5.74, 6) is 0.0979. The van der Waals surface area contributed by atoms with Gasteiger partial charge in [-0.3, -0.25) is 9.78 Å². The van der Waals surface area contributed by atoms with E-state index in [1.807, 2.05) is 23.7 Å². The topological polar surface area (TPSA) is 45.2 Å². The average molecular weight is 265 g/mol. The van der Waals surface area contributed by atoms with Crippen molar-refractivity contribution >= 4 is 23.4 Å². The van der Waals surface area contributed by atoms with Gasteiger partial charge in [0.15, 0.2) is 0 Å². The molecule has 4 nitrogen and oxygen atoms in total. The average Bonchev–Trinajstić information content (AvgIpc) is 2.36. The first kappa shape index (κ1) is 13.2. The quantitative estimate of drug-likeness (QED) is 0.889. The molecule has 1 aromatic rings. The van der Waals surface area contributed by atoms with Crippen molar-refractivity contribution in [2.24, 2.45) is 0 Å². The van der Waals surface area contributed by atoms with Gasteiger partial charge >= 0.3 is 0 Å². The van der Waals surface area contributed by atoms with Crippen LogP contribution in [0.1, 0.15) is 24.2 Å². The predicted octanol–water partition coefficient (Wildman–Crippen LogP) is 2.09. The summed E-state index contributed by atoms with van der Waals surface area (Å²) in [6.45, 7) is 5.98. The molecule has 2 heterocycles. The molecule has 2 atom stereocenters. The molecule has 1 fully saturated rings. The lowest BCUT2D eigenvalue weighted by Crippen LogP contribution is -2.44. The van der Waals surface area contributed by atoms with Gasteiger partial charge in [0.2, 0.25) is 0 Å². The standard InChI is InChI=1S/C13H19N3OS/c1-9-7-16(8-10(2)18-9)13(17)11-4-5-15-6-12(11)14-3/h4-6,9-10,14H,7-8H2,1-3H3. The number of carbonyl (C=O) groups excluding carboxylic acids is 1. The molecule has 98 valence electrons. The second-order valence-corrected chi connectivity index (χ2v) is 6.52. The lowest BCUT2D eigenvalue weighted by Gasteiger charge is -2.34. The van der Waals surface area contributed by atoms with Crippen molar-refractivity contribution in [1.29, 1.82) is 0 Å². The molecule has 0 bridgehead atoms. The lowest BCUT2D eigenvalue weighted by atomic mass is 10.2. The molecule has 0 radical (unpaired) electrons. The van der Waals surface area contributed by atoms with Crippen molar-refractivity contribution in [2.75, 3.05) is 25.5 Å². The molecule has 0 saturated carbocycles. The Labute approximate surface area is 112 Å². The van der Waals surface area contributed by atoms with Crippen LogP contribution in [-0.2, 0) is 0 Å². The van der Waals surface area contributed by atoms with Crippen molar-refractivity contribution in [3.8, 4) is 0 Å². The first-order valence-corrected chi connectivity index (χ1v) is 7.12. The zero-order valence-electron chi connectivity index (χ0n) is 11.0. The van der Waals surface area contributed by atoms with Crippen molar-refractivity contribution in [3.05, 3.63) is 24.0 Å². The molecule has 1 N–H and O–H groups in total. The number of rotatable bonds is 2. The number of carbonyl (C=O) groups is 1. The first-order chi connectivity index (χ1) is 8.61. The van der Waals surface area contributed by atoms with Gasteiger partial charge in [-0.1, -0.05) is 13.8 Å². The summed E-state index contributed by atoms with van der Waals surface area (Å²) in [4.78, 5) is 18.5. The van der Waals surface area contributed by atoms with Gasteiger partial charge in [-0.25, -0.2) is 0 Å². The number of hydrogen-bond acceptors (Lipinski definition) is 4. The van der Waals surface area contributed by atoms with E-state index in [1.165, 1.54) is 0 Å². The Bertz CT molecular complexity index is 428. The molecule has 1 aliphatic rings. The van der Waals surface area contributed by atoms with Gasteiger partial charge in [0.1, 0.15) is 0 Å². The first-order valence-electron chi connectivity index (χ1n) is 6.18.